The Bertz CT molecular complexity index is 567. The number of nitrogens with two attached hydrogens (primary N) is 1. The first-order chi connectivity index (χ1) is 11.6. The van der Waals surface area contributed by atoms with Gasteiger partial charge in [-0.15, -0.1) is 24.8 Å². The summed E-state index contributed by atoms with van der Waals surface area (Å²) in [5.41, 5.74) is 8.99. The summed E-state index contributed by atoms with van der Waals surface area (Å²) in [6.07, 6.45) is 2.84. The Labute approximate surface area is 168 Å². The van der Waals surface area contributed by atoms with Crippen molar-refractivity contribution in [3.8, 4) is 0 Å². The number of rotatable bonds is 5. The lowest BCUT2D eigenvalue weighted by Crippen LogP contribution is -2.51. The normalized spacial score (nSPS) is 20.1. The second-order valence-corrected chi connectivity index (χ2v) is 7.06. The van der Waals surface area contributed by atoms with Gasteiger partial charge in [-0.25, -0.2) is 0 Å². The molecule has 0 bridgehead atoms. The number of benzene rings is 1. The van der Waals surface area contributed by atoms with Crippen LogP contribution in [0.4, 0.5) is 0 Å². The molecule has 2 atom stereocenters. The van der Waals surface area contributed by atoms with E-state index in [0.29, 0.717) is 12.6 Å². The van der Waals surface area contributed by atoms with Gasteiger partial charge in [0.05, 0.1) is 6.04 Å². The van der Waals surface area contributed by atoms with Crippen molar-refractivity contribution in [2.75, 3.05) is 26.3 Å². The Morgan fingerprint density at radius 2 is 1.92 bits per heavy atom. The Hall–Kier alpha value is -0.850. The summed E-state index contributed by atoms with van der Waals surface area (Å²) in [5, 5.41) is 3.05. The van der Waals surface area contributed by atoms with Crippen molar-refractivity contribution in [1.29, 1.82) is 0 Å². The van der Waals surface area contributed by atoms with Crippen LogP contribution in [0.3, 0.4) is 0 Å². The van der Waals surface area contributed by atoms with E-state index in [1.165, 1.54) is 11.1 Å². The minimum Gasteiger partial charge on any atom is -0.381 e. The molecule has 5 nitrogen and oxygen atoms in total. The van der Waals surface area contributed by atoms with Crippen LogP contribution in [-0.4, -0.2) is 49.2 Å². The summed E-state index contributed by atoms with van der Waals surface area (Å²) in [5.74, 6) is 0.224. The number of carbonyl (C=O) groups is 1. The summed E-state index contributed by atoms with van der Waals surface area (Å²) in [6.45, 7) is 6.26. The van der Waals surface area contributed by atoms with Crippen LogP contribution < -0.4 is 11.1 Å². The van der Waals surface area contributed by atoms with Gasteiger partial charge in [0.25, 0.3) is 0 Å². The summed E-state index contributed by atoms with van der Waals surface area (Å²) < 4.78 is 5.34. The van der Waals surface area contributed by atoms with Crippen LogP contribution in [0.2, 0.25) is 0 Å². The molecule has 0 spiro atoms. The average Bonchev–Trinajstić information content (AvgIpc) is 2.65. The lowest BCUT2D eigenvalue weighted by molar-refractivity contribution is -0.124. The summed E-state index contributed by atoms with van der Waals surface area (Å²) in [6, 6.07) is 8.52. The zero-order chi connectivity index (χ0) is 16.9. The van der Waals surface area contributed by atoms with Gasteiger partial charge < -0.3 is 15.8 Å². The standard InChI is InChI=1S/C19H29N3O2.2ClH/c1-14(22-9-6-15-4-2-3-5-17(15)13-22)12-21-19(23)18(20)16-7-10-24-11-8-16;;/h2-5,14,16,18H,6-13,20H2,1H3,(H,21,23);2*1H. The Kier molecular flexibility index (Phi) is 9.90. The molecule has 0 saturated carbocycles. The molecular formula is C19H31Cl2N3O2. The first-order valence-corrected chi connectivity index (χ1v) is 9.07. The molecule has 2 aliphatic heterocycles. The molecule has 1 aromatic rings. The number of carbonyl (C=O) groups excluding carboxylic acids is 1. The topological polar surface area (TPSA) is 67.6 Å². The number of fused-ring (bicyclic) bond motifs is 1. The van der Waals surface area contributed by atoms with Crippen molar-refractivity contribution in [3.63, 3.8) is 0 Å². The predicted molar refractivity (Wildman–Crippen MR) is 109 cm³/mol. The molecular weight excluding hydrogens is 373 g/mol. The molecule has 3 rings (SSSR count). The number of hydrogen-bond acceptors (Lipinski definition) is 4. The van der Waals surface area contributed by atoms with Crippen LogP contribution in [0, 0.1) is 5.92 Å². The molecule has 2 aliphatic rings. The van der Waals surface area contributed by atoms with Crippen LogP contribution in [0.5, 0.6) is 0 Å². The quantitative estimate of drug-likeness (QED) is 0.789. The predicted octanol–water partition coefficient (Wildman–Crippen LogP) is 2.15. The molecule has 2 unspecified atom stereocenters. The number of ether oxygens (including phenoxy) is 1. The monoisotopic (exact) mass is 403 g/mol. The number of amides is 1. The Balaban J connectivity index is 0.00000169. The first kappa shape index (κ1) is 23.2. The van der Waals surface area contributed by atoms with Crippen LogP contribution in [0.1, 0.15) is 30.9 Å². The molecule has 1 fully saturated rings. The van der Waals surface area contributed by atoms with Gasteiger partial charge in [0, 0.05) is 38.9 Å². The van der Waals surface area contributed by atoms with E-state index in [0.717, 1.165) is 45.6 Å². The number of nitrogens with zero attached hydrogens (tertiary/aromatic N) is 1. The molecule has 7 heteroatoms. The highest BCUT2D eigenvalue weighted by atomic mass is 35.5. The van der Waals surface area contributed by atoms with E-state index < -0.39 is 6.04 Å². The van der Waals surface area contributed by atoms with Crippen LogP contribution >= 0.6 is 24.8 Å². The van der Waals surface area contributed by atoms with E-state index >= 15 is 0 Å². The third-order valence-electron chi connectivity index (χ3n) is 5.43. The van der Waals surface area contributed by atoms with Crippen molar-refractivity contribution in [2.45, 2.75) is 44.8 Å². The van der Waals surface area contributed by atoms with Crippen molar-refractivity contribution < 1.29 is 9.53 Å². The van der Waals surface area contributed by atoms with Crippen LogP contribution in [-0.2, 0) is 22.5 Å². The Morgan fingerprint density at radius 3 is 2.62 bits per heavy atom. The van der Waals surface area contributed by atoms with Gasteiger partial charge >= 0.3 is 0 Å². The fraction of sp³-hybridized carbons (Fsp3) is 0.632. The first-order valence-electron chi connectivity index (χ1n) is 9.07. The number of nitrogens with one attached hydrogen (secondary N) is 1. The minimum absolute atomic E-state index is 0. The highest BCUT2D eigenvalue weighted by Crippen LogP contribution is 2.20. The average molecular weight is 404 g/mol. The Morgan fingerprint density at radius 1 is 1.27 bits per heavy atom. The maximum Gasteiger partial charge on any atom is 0.237 e. The smallest absolute Gasteiger partial charge is 0.237 e. The maximum atomic E-state index is 12.3. The van der Waals surface area contributed by atoms with Crippen molar-refractivity contribution in [3.05, 3.63) is 35.4 Å². The molecule has 148 valence electrons. The van der Waals surface area contributed by atoms with E-state index in [4.69, 9.17) is 10.5 Å². The van der Waals surface area contributed by atoms with Gasteiger partial charge in [0.1, 0.15) is 0 Å². The fourth-order valence-electron chi connectivity index (χ4n) is 3.68. The van der Waals surface area contributed by atoms with E-state index in [1.54, 1.807) is 0 Å². The van der Waals surface area contributed by atoms with Crippen LogP contribution in [0.15, 0.2) is 24.3 Å². The van der Waals surface area contributed by atoms with Gasteiger partial charge in [-0.1, -0.05) is 24.3 Å². The largest absolute Gasteiger partial charge is 0.381 e. The number of hydrogen-bond donors (Lipinski definition) is 2. The maximum absolute atomic E-state index is 12.3. The fourth-order valence-corrected chi connectivity index (χ4v) is 3.68. The lowest BCUT2D eigenvalue weighted by Gasteiger charge is -2.34. The molecule has 0 radical (unpaired) electrons. The highest BCUT2D eigenvalue weighted by Gasteiger charge is 2.27. The third-order valence-corrected chi connectivity index (χ3v) is 5.43. The third kappa shape index (κ3) is 5.83. The van der Waals surface area contributed by atoms with E-state index in [1.807, 2.05) is 0 Å². The van der Waals surface area contributed by atoms with Gasteiger partial charge in [0.2, 0.25) is 5.91 Å². The van der Waals surface area contributed by atoms with Gasteiger partial charge in [-0.2, -0.15) is 0 Å². The lowest BCUT2D eigenvalue weighted by atomic mass is 9.92. The molecule has 1 saturated heterocycles. The molecule has 26 heavy (non-hydrogen) atoms. The van der Waals surface area contributed by atoms with Crippen LogP contribution in [0.25, 0.3) is 0 Å². The molecule has 0 aromatic heterocycles. The minimum atomic E-state index is -0.414. The molecule has 2 heterocycles. The zero-order valence-corrected chi connectivity index (χ0v) is 17.0. The summed E-state index contributed by atoms with van der Waals surface area (Å²) in [4.78, 5) is 14.8. The van der Waals surface area contributed by atoms with Gasteiger partial charge in [0.15, 0.2) is 0 Å². The van der Waals surface area contributed by atoms with Gasteiger partial charge in [-0.05, 0) is 43.2 Å². The number of halogens is 2. The van der Waals surface area contributed by atoms with Crippen molar-refractivity contribution in [2.24, 2.45) is 11.7 Å². The van der Waals surface area contributed by atoms with Crippen molar-refractivity contribution >= 4 is 30.7 Å². The zero-order valence-electron chi connectivity index (χ0n) is 15.4. The SMILES string of the molecule is CC(CNC(=O)C(N)C1CCOCC1)N1CCc2ccccc2C1.Cl.Cl. The molecule has 0 aliphatic carbocycles. The molecule has 1 amide bonds. The van der Waals surface area contributed by atoms with E-state index in [-0.39, 0.29) is 36.6 Å². The second-order valence-electron chi connectivity index (χ2n) is 7.06. The highest BCUT2D eigenvalue weighted by molar-refractivity contribution is 5.85. The van der Waals surface area contributed by atoms with Crippen molar-refractivity contribution in [1.82, 2.24) is 10.2 Å². The van der Waals surface area contributed by atoms with Gasteiger partial charge in [-0.3, -0.25) is 9.69 Å². The molecule has 3 N–H and O–H groups in total. The van der Waals surface area contributed by atoms with E-state index in [2.05, 4.69) is 41.4 Å². The second kappa shape index (κ2) is 11.1. The summed E-state index contributed by atoms with van der Waals surface area (Å²) >= 11 is 0. The summed E-state index contributed by atoms with van der Waals surface area (Å²) in [7, 11) is 0. The van der Waals surface area contributed by atoms with E-state index in [9.17, 15) is 4.79 Å². The molecule has 1 aromatic carbocycles.